The summed E-state index contributed by atoms with van der Waals surface area (Å²) in [5.74, 6) is 1.53. The van der Waals surface area contributed by atoms with E-state index in [2.05, 4.69) is 0 Å². The number of rotatable bonds is 5. The Balaban J connectivity index is 1.92. The molecule has 0 spiro atoms. The van der Waals surface area contributed by atoms with Crippen molar-refractivity contribution >= 4 is 11.0 Å². The highest BCUT2D eigenvalue weighted by atomic mass is 16.5. The lowest BCUT2D eigenvalue weighted by atomic mass is 10.0. The standard InChI is InChI=1S/C21H22O4/c1-5-17-13(2)18-10-11-19(14(3)20(18)25-21(17)22)24-12-15-6-8-16(23-4)9-7-15/h6-11H,5,12H2,1-4H3. The fourth-order valence-corrected chi connectivity index (χ4v) is 3.02. The minimum absolute atomic E-state index is 0.261. The second-order valence-corrected chi connectivity index (χ2v) is 6.05. The van der Waals surface area contributed by atoms with E-state index in [0.29, 0.717) is 18.6 Å². The number of fused-ring (bicyclic) bond motifs is 1. The first-order valence-corrected chi connectivity index (χ1v) is 8.36. The molecule has 130 valence electrons. The van der Waals surface area contributed by atoms with Crippen molar-refractivity contribution in [1.29, 1.82) is 0 Å². The normalized spacial score (nSPS) is 10.9. The van der Waals surface area contributed by atoms with Crippen LogP contribution in [-0.4, -0.2) is 7.11 Å². The summed E-state index contributed by atoms with van der Waals surface area (Å²) < 4.78 is 16.7. The Hall–Kier alpha value is -2.75. The van der Waals surface area contributed by atoms with Gasteiger partial charge in [0.05, 0.1) is 7.11 Å². The van der Waals surface area contributed by atoms with E-state index in [9.17, 15) is 4.79 Å². The maximum Gasteiger partial charge on any atom is 0.339 e. The Labute approximate surface area is 147 Å². The van der Waals surface area contributed by atoms with Crippen LogP contribution in [0.25, 0.3) is 11.0 Å². The third kappa shape index (κ3) is 3.25. The minimum atomic E-state index is -0.261. The highest BCUT2D eigenvalue weighted by Crippen LogP contribution is 2.30. The van der Waals surface area contributed by atoms with Crippen molar-refractivity contribution < 1.29 is 13.9 Å². The average Bonchev–Trinajstić information content (AvgIpc) is 2.62. The Morgan fingerprint density at radius 3 is 2.36 bits per heavy atom. The fourth-order valence-electron chi connectivity index (χ4n) is 3.02. The van der Waals surface area contributed by atoms with Gasteiger partial charge in [0.15, 0.2) is 0 Å². The first-order chi connectivity index (χ1) is 12.0. The van der Waals surface area contributed by atoms with Gasteiger partial charge in [0.25, 0.3) is 0 Å². The van der Waals surface area contributed by atoms with Gasteiger partial charge < -0.3 is 13.9 Å². The molecular weight excluding hydrogens is 316 g/mol. The molecule has 0 unspecified atom stereocenters. The van der Waals surface area contributed by atoms with Crippen LogP contribution in [0.15, 0.2) is 45.6 Å². The number of hydrogen-bond acceptors (Lipinski definition) is 4. The summed E-state index contributed by atoms with van der Waals surface area (Å²) in [6.07, 6.45) is 0.666. The summed E-state index contributed by atoms with van der Waals surface area (Å²) in [5, 5.41) is 0.964. The van der Waals surface area contributed by atoms with E-state index in [1.165, 1.54) is 0 Å². The zero-order chi connectivity index (χ0) is 18.0. The van der Waals surface area contributed by atoms with Gasteiger partial charge in [-0.15, -0.1) is 0 Å². The molecule has 0 bridgehead atoms. The molecular formula is C21H22O4. The third-order valence-corrected chi connectivity index (χ3v) is 4.56. The van der Waals surface area contributed by atoms with Crippen LogP contribution in [0.2, 0.25) is 0 Å². The summed E-state index contributed by atoms with van der Waals surface area (Å²) in [4.78, 5) is 12.2. The van der Waals surface area contributed by atoms with Crippen LogP contribution in [-0.2, 0) is 13.0 Å². The Kier molecular flexibility index (Phi) is 4.79. The van der Waals surface area contributed by atoms with Crippen molar-refractivity contribution in [3.8, 4) is 11.5 Å². The molecule has 0 saturated heterocycles. The topological polar surface area (TPSA) is 48.7 Å². The molecule has 3 rings (SSSR count). The number of benzene rings is 2. The van der Waals surface area contributed by atoms with Crippen molar-refractivity contribution in [3.05, 3.63) is 69.1 Å². The number of ether oxygens (including phenoxy) is 2. The lowest BCUT2D eigenvalue weighted by Crippen LogP contribution is -2.09. The van der Waals surface area contributed by atoms with Gasteiger partial charge in [-0.05, 0) is 55.7 Å². The molecule has 1 heterocycles. The van der Waals surface area contributed by atoms with E-state index in [0.717, 1.165) is 39.1 Å². The van der Waals surface area contributed by atoms with Crippen LogP contribution in [0.4, 0.5) is 0 Å². The summed E-state index contributed by atoms with van der Waals surface area (Å²) in [7, 11) is 1.64. The van der Waals surface area contributed by atoms with Crippen molar-refractivity contribution in [3.63, 3.8) is 0 Å². The largest absolute Gasteiger partial charge is 0.497 e. The predicted molar refractivity (Wildman–Crippen MR) is 98.7 cm³/mol. The van der Waals surface area contributed by atoms with Crippen LogP contribution in [0.1, 0.15) is 29.2 Å². The van der Waals surface area contributed by atoms with E-state index in [-0.39, 0.29) is 5.63 Å². The van der Waals surface area contributed by atoms with Gasteiger partial charge in [-0.1, -0.05) is 19.1 Å². The molecule has 0 aliphatic heterocycles. The maximum atomic E-state index is 12.2. The van der Waals surface area contributed by atoms with E-state index in [1.807, 2.05) is 57.2 Å². The zero-order valence-corrected chi connectivity index (χ0v) is 15.0. The molecule has 0 aliphatic carbocycles. The van der Waals surface area contributed by atoms with Crippen LogP contribution < -0.4 is 15.1 Å². The number of methoxy groups -OCH3 is 1. The summed E-state index contributed by atoms with van der Waals surface area (Å²) in [6, 6.07) is 11.6. The zero-order valence-electron chi connectivity index (χ0n) is 15.0. The molecule has 0 radical (unpaired) electrons. The molecule has 0 aliphatic rings. The molecule has 4 nitrogen and oxygen atoms in total. The Morgan fingerprint density at radius 1 is 1.00 bits per heavy atom. The van der Waals surface area contributed by atoms with E-state index in [4.69, 9.17) is 13.9 Å². The molecule has 25 heavy (non-hydrogen) atoms. The molecule has 0 amide bonds. The second kappa shape index (κ2) is 7.01. The SMILES string of the molecule is CCc1c(C)c2ccc(OCc3ccc(OC)cc3)c(C)c2oc1=O. The number of hydrogen-bond donors (Lipinski definition) is 0. The lowest BCUT2D eigenvalue weighted by Gasteiger charge is -2.13. The number of aryl methyl sites for hydroxylation is 2. The van der Waals surface area contributed by atoms with Gasteiger partial charge in [-0.25, -0.2) is 4.79 Å². The highest BCUT2D eigenvalue weighted by Gasteiger charge is 2.14. The van der Waals surface area contributed by atoms with E-state index >= 15 is 0 Å². The lowest BCUT2D eigenvalue weighted by molar-refractivity contribution is 0.303. The van der Waals surface area contributed by atoms with Crippen molar-refractivity contribution in [2.75, 3.05) is 7.11 Å². The summed E-state index contributed by atoms with van der Waals surface area (Å²) in [6.45, 7) is 6.28. The van der Waals surface area contributed by atoms with Gasteiger partial charge in [0.2, 0.25) is 0 Å². The van der Waals surface area contributed by atoms with Crippen LogP contribution in [0.3, 0.4) is 0 Å². The van der Waals surface area contributed by atoms with Crippen molar-refractivity contribution in [1.82, 2.24) is 0 Å². The van der Waals surface area contributed by atoms with Gasteiger partial charge in [0.1, 0.15) is 23.7 Å². The van der Waals surface area contributed by atoms with Gasteiger partial charge in [-0.2, -0.15) is 0 Å². The average molecular weight is 338 g/mol. The van der Waals surface area contributed by atoms with Crippen molar-refractivity contribution in [2.24, 2.45) is 0 Å². The first-order valence-electron chi connectivity index (χ1n) is 8.36. The Bertz CT molecular complexity index is 952. The third-order valence-electron chi connectivity index (χ3n) is 4.56. The maximum absolute atomic E-state index is 12.2. The molecule has 0 fully saturated rings. The second-order valence-electron chi connectivity index (χ2n) is 6.05. The van der Waals surface area contributed by atoms with Gasteiger partial charge in [-0.3, -0.25) is 0 Å². The molecule has 2 aromatic carbocycles. The van der Waals surface area contributed by atoms with Crippen LogP contribution in [0.5, 0.6) is 11.5 Å². The van der Waals surface area contributed by atoms with Gasteiger partial charge >= 0.3 is 5.63 Å². The highest BCUT2D eigenvalue weighted by molar-refractivity contribution is 5.85. The van der Waals surface area contributed by atoms with E-state index in [1.54, 1.807) is 7.11 Å². The van der Waals surface area contributed by atoms with Gasteiger partial charge in [0, 0.05) is 16.5 Å². The molecule has 3 aromatic rings. The predicted octanol–water partition coefficient (Wildman–Crippen LogP) is 4.56. The summed E-state index contributed by atoms with van der Waals surface area (Å²) >= 11 is 0. The molecule has 4 heteroatoms. The van der Waals surface area contributed by atoms with Crippen LogP contribution in [0, 0.1) is 13.8 Å². The summed E-state index contributed by atoms with van der Waals surface area (Å²) in [5.41, 5.74) is 3.94. The first kappa shape index (κ1) is 17.1. The molecule has 0 atom stereocenters. The minimum Gasteiger partial charge on any atom is -0.497 e. The van der Waals surface area contributed by atoms with E-state index < -0.39 is 0 Å². The van der Waals surface area contributed by atoms with Crippen LogP contribution >= 0.6 is 0 Å². The van der Waals surface area contributed by atoms with Crippen molar-refractivity contribution in [2.45, 2.75) is 33.8 Å². The molecule has 0 N–H and O–H groups in total. The Morgan fingerprint density at radius 2 is 1.72 bits per heavy atom. The molecule has 0 saturated carbocycles. The monoisotopic (exact) mass is 338 g/mol. The smallest absolute Gasteiger partial charge is 0.339 e. The quantitative estimate of drug-likeness (QED) is 0.640. The molecule has 1 aromatic heterocycles. The fraction of sp³-hybridized carbons (Fsp3) is 0.286.